The molecule has 0 aromatic heterocycles. The molecule has 21 heavy (non-hydrogen) atoms. The van der Waals surface area contributed by atoms with Gasteiger partial charge in [-0.25, -0.2) is 8.42 Å². The normalized spacial score (nSPS) is 18.2. The Bertz CT molecular complexity index is 602. The average Bonchev–Trinajstić information content (AvgIpc) is 2.47. The maximum atomic E-state index is 12.5. The van der Waals surface area contributed by atoms with Crippen LogP contribution in [0.2, 0.25) is 0 Å². The molecule has 1 aromatic carbocycles. The molecule has 0 bridgehead atoms. The molecule has 0 radical (unpaired) electrons. The molecular formula is C15H22N2O3S. The summed E-state index contributed by atoms with van der Waals surface area (Å²) in [4.78, 5) is 12.8. The van der Waals surface area contributed by atoms with Gasteiger partial charge in [0, 0.05) is 11.9 Å². The van der Waals surface area contributed by atoms with Gasteiger partial charge in [-0.2, -0.15) is 0 Å². The van der Waals surface area contributed by atoms with Gasteiger partial charge in [-0.05, 0) is 56.6 Å². The Morgan fingerprint density at radius 1 is 1.24 bits per heavy atom. The number of hydrogen-bond acceptors (Lipinski definition) is 4. The summed E-state index contributed by atoms with van der Waals surface area (Å²) in [5.74, 6) is 0.0265. The maximum absolute atomic E-state index is 12.5. The lowest BCUT2D eigenvalue weighted by molar-refractivity contribution is -0.127. The summed E-state index contributed by atoms with van der Waals surface area (Å²) < 4.78 is 22.8. The van der Waals surface area contributed by atoms with Crippen LogP contribution in [-0.2, 0) is 14.6 Å². The van der Waals surface area contributed by atoms with Gasteiger partial charge in [0.15, 0.2) is 9.84 Å². The van der Waals surface area contributed by atoms with Crippen molar-refractivity contribution < 1.29 is 13.2 Å². The van der Waals surface area contributed by atoms with Crippen LogP contribution in [-0.4, -0.2) is 33.7 Å². The lowest BCUT2D eigenvalue weighted by Gasteiger charge is -2.35. The molecule has 2 N–H and O–H groups in total. The van der Waals surface area contributed by atoms with Crippen molar-refractivity contribution in [2.24, 2.45) is 5.41 Å². The lowest BCUT2D eigenvalue weighted by Crippen LogP contribution is -2.44. The number of piperidine rings is 1. The van der Waals surface area contributed by atoms with Crippen molar-refractivity contribution in [3.05, 3.63) is 24.3 Å². The van der Waals surface area contributed by atoms with Gasteiger partial charge in [-0.3, -0.25) is 4.79 Å². The van der Waals surface area contributed by atoms with Crippen molar-refractivity contribution in [2.75, 3.05) is 24.7 Å². The van der Waals surface area contributed by atoms with Gasteiger partial charge in [0.25, 0.3) is 0 Å². The molecule has 1 saturated heterocycles. The van der Waals surface area contributed by atoms with Crippen molar-refractivity contribution >= 4 is 21.4 Å². The first-order chi connectivity index (χ1) is 9.87. The van der Waals surface area contributed by atoms with Gasteiger partial charge in [0.05, 0.1) is 10.3 Å². The predicted octanol–water partition coefficient (Wildman–Crippen LogP) is 1.81. The molecule has 1 aliphatic heterocycles. The molecule has 116 valence electrons. The smallest absolute Gasteiger partial charge is 0.230 e. The topological polar surface area (TPSA) is 75.3 Å². The number of anilines is 1. The predicted molar refractivity (Wildman–Crippen MR) is 83.0 cm³/mol. The average molecular weight is 310 g/mol. The van der Waals surface area contributed by atoms with Crippen LogP contribution >= 0.6 is 0 Å². The Hall–Kier alpha value is -1.40. The number of carbonyl (C=O) groups is 1. The maximum Gasteiger partial charge on any atom is 0.230 e. The van der Waals surface area contributed by atoms with E-state index in [0.29, 0.717) is 5.69 Å². The highest BCUT2D eigenvalue weighted by Gasteiger charge is 2.37. The zero-order valence-electron chi connectivity index (χ0n) is 12.5. The summed E-state index contributed by atoms with van der Waals surface area (Å²) in [7, 11) is -3.21. The first kappa shape index (κ1) is 16.0. The van der Waals surface area contributed by atoms with E-state index in [1.165, 1.54) is 18.4 Å². The number of benzene rings is 1. The molecule has 0 unspecified atom stereocenters. The van der Waals surface area contributed by atoms with Gasteiger partial charge in [0.1, 0.15) is 0 Å². The molecule has 0 atom stereocenters. The van der Waals surface area contributed by atoms with Crippen molar-refractivity contribution in [1.29, 1.82) is 0 Å². The van der Waals surface area contributed by atoms with E-state index in [2.05, 4.69) is 10.6 Å². The minimum Gasteiger partial charge on any atom is -0.326 e. The number of nitrogens with one attached hydrogen (secondary N) is 2. The van der Waals surface area contributed by atoms with E-state index in [1.807, 2.05) is 6.92 Å². The zero-order chi connectivity index (χ0) is 15.5. The van der Waals surface area contributed by atoms with Crippen LogP contribution < -0.4 is 10.6 Å². The molecule has 1 aliphatic rings. The Morgan fingerprint density at radius 2 is 1.81 bits per heavy atom. The second-order valence-electron chi connectivity index (χ2n) is 5.63. The second-order valence-corrected chi connectivity index (χ2v) is 7.65. The minimum absolute atomic E-state index is 0.0265. The van der Waals surface area contributed by atoms with Crippen LogP contribution in [0.25, 0.3) is 0 Å². The molecule has 5 nitrogen and oxygen atoms in total. The van der Waals surface area contributed by atoms with E-state index in [-0.39, 0.29) is 16.2 Å². The second kappa shape index (κ2) is 6.15. The third-order valence-electron chi connectivity index (χ3n) is 4.26. The highest BCUT2D eigenvalue weighted by atomic mass is 32.2. The standard InChI is InChI=1S/C15H22N2O3S/c1-3-15(8-10-16-11-9-15)14(18)17-12-4-6-13(7-5-12)21(2,19)20/h4-7,16H,3,8-11H2,1-2H3,(H,17,18). The van der Waals surface area contributed by atoms with Crippen LogP contribution in [0.4, 0.5) is 5.69 Å². The lowest BCUT2D eigenvalue weighted by atomic mass is 9.76. The molecular weight excluding hydrogens is 288 g/mol. The van der Waals surface area contributed by atoms with E-state index < -0.39 is 9.84 Å². The molecule has 1 aromatic rings. The highest BCUT2D eigenvalue weighted by Crippen LogP contribution is 2.33. The number of carbonyl (C=O) groups excluding carboxylic acids is 1. The van der Waals surface area contributed by atoms with Crippen LogP contribution in [0.1, 0.15) is 26.2 Å². The van der Waals surface area contributed by atoms with E-state index in [0.717, 1.165) is 32.4 Å². The quantitative estimate of drug-likeness (QED) is 0.889. The van der Waals surface area contributed by atoms with Crippen molar-refractivity contribution in [2.45, 2.75) is 31.1 Å². The Balaban J connectivity index is 2.12. The number of sulfone groups is 1. The summed E-state index contributed by atoms with van der Waals surface area (Å²) >= 11 is 0. The van der Waals surface area contributed by atoms with E-state index in [9.17, 15) is 13.2 Å². The van der Waals surface area contributed by atoms with Gasteiger partial charge in [0.2, 0.25) is 5.91 Å². The summed E-state index contributed by atoms with van der Waals surface area (Å²) in [6.45, 7) is 3.75. The molecule has 1 fully saturated rings. The fourth-order valence-corrected chi connectivity index (χ4v) is 3.33. The number of hydrogen-bond donors (Lipinski definition) is 2. The van der Waals surface area contributed by atoms with Crippen LogP contribution in [0.5, 0.6) is 0 Å². The molecule has 0 aliphatic carbocycles. The largest absolute Gasteiger partial charge is 0.326 e. The van der Waals surface area contributed by atoms with E-state index >= 15 is 0 Å². The first-order valence-corrected chi connectivity index (χ1v) is 9.09. The number of rotatable bonds is 4. The monoisotopic (exact) mass is 310 g/mol. The summed E-state index contributed by atoms with van der Waals surface area (Å²) in [5, 5.41) is 6.19. The van der Waals surface area contributed by atoms with E-state index in [4.69, 9.17) is 0 Å². The van der Waals surface area contributed by atoms with E-state index in [1.54, 1.807) is 12.1 Å². The van der Waals surface area contributed by atoms with Crippen molar-refractivity contribution in [3.8, 4) is 0 Å². The summed E-state index contributed by atoms with van der Waals surface area (Å²) in [5.41, 5.74) is 0.319. The highest BCUT2D eigenvalue weighted by molar-refractivity contribution is 7.90. The molecule has 6 heteroatoms. The van der Waals surface area contributed by atoms with Crippen molar-refractivity contribution in [3.63, 3.8) is 0 Å². The fourth-order valence-electron chi connectivity index (χ4n) is 2.70. The van der Waals surface area contributed by atoms with Crippen LogP contribution in [0.3, 0.4) is 0 Å². The van der Waals surface area contributed by atoms with Gasteiger partial charge < -0.3 is 10.6 Å². The first-order valence-electron chi connectivity index (χ1n) is 7.20. The molecule has 1 amide bonds. The van der Waals surface area contributed by atoms with Gasteiger partial charge >= 0.3 is 0 Å². The number of amides is 1. The molecule has 1 heterocycles. The van der Waals surface area contributed by atoms with Crippen LogP contribution in [0.15, 0.2) is 29.2 Å². The third-order valence-corrected chi connectivity index (χ3v) is 5.39. The van der Waals surface area contributed by atoms with Crippen molar-refractivity contribution in [1.82, 2.24) is 5.32 Å². The molecule has 0 saturated carbocycles. The van der Waals surface area contributed by atoms with Gasteiger partial charge in [-0.1, -0.05) is 6.92 Å². The zero-order valence-corrected chi connectivity index (χ0v) is 13.3. The molecule has 2 rings (SSSR count). The van der Waals surface area contributed by atoms with Gasteiger partial charge in [-0.15, -0.1) is 0 Å². The molecule has 0 spiro atoms. The van der Waals surface area contributed by atoms with Crippen LogP contribution in [0, 0.1) is 5.41 Å². The summed E-state index contributed by atoms with van der Waals surface area (Å²) in [6.07, 6.45) is 3.64. The Morgan fingerprint density at radius 3 is 2.29 bits per heavy atom. The SMILES string of the molecule is CCC1(C(=O)Nc2ccc(S(C)(=O)=O)cc2)CCNCC1. The third kappa shape index (κ3) is 3.63. The fraction of sp³-hybridized carbons (Fsp3) is 0.533. The Labute approximate surface area is 126 Å². The summed E-state index contributed by atoms with van der Waals surface area (Å²) in [6, 6.07) is 6.31. The minimum atomic E-state index is -3.21. The Kier molecular flexibility index (Phi) is 4.68.